The van der Waals surface area contributed by atoms with E-state index in [0.29, 0.717) is 27.9 Å². The van der Waals surface area contributed by atoms with Crippen molar-refractivity contribution in [3.05, 3.63) is 68.6 Å². The van der Waals surface area contributed by atoms with Crippen LogP contribution in [0, 0.1) is 6.92 Å². The topological polar surface area (TPSA) is 48.7 Å². The second kappa shape index (κ2) is 9.11. The SMILES string of the molecule is CC1=C(C(=O)NN2CCCCC2)C(C)=C(c2ccc(C)o2)N(c2ccc(Cl)cc2Cl)C1. The van der Waals surface area contributed by atoms with E-state index in [9.17, 15) is 4.79 Å². The van der Waals surface area contributed by atoms with Gasteiger partial charge in [-0.15, -0.1) is 0 Å². The zero-order valence-corrected chi connectivity index (χ0v) is 19.6. The average Bonchev–Trinajstić information content (AvgIpc) is 3.14. The highest BCUT2D eigenvalue weighted by molar-refractivity contribution is 6.36. The van der Waals surface area contributed by atoms with E-state index in [1.165, 1.54) is 6.42 Å². The van der Waals surface area contributed by atoms with Gasteiger partial charge in [-0.3, -0.25) is 10.2 Å². The van der Waals surface area contributed by atoms with Crippen LogP contribution < -0.4 is 10.3 Å². The number of nitrogens with zero attached hydrogens (tertiary/aromatic N) is 2. The summed E-state index contributed by atoms with van der Waals surface area (Å²) in [7, 11) is 0. The van der Waals surface area contributed by atoms with Gasteiger partial charge in [-0.25, -0.2) is 5.01 Å². The van der Waals surface area contributed by atoms with Crippen LogP contribution in [0.2, 0.25) is 10.0 Å². The van der Waals surface area contributed by atoms with E-state index in [4.69, 9.17) is 27.6 Å². The zero-order chi connectivity index (χ0) is 22.1. The van der Waals surface area contributed by atoms with Crippen molar-refractivity contribution >= 4 is 40.5 Å². The first kappa shape index (κ1) is 22.0. The first-order chi connectivity index (χ1) is 14.8. The molecule has 31 heavy (non-hydrogen) atoms. The number of nitrogens with one attached hydrogen (secondary N) is 1. The molecular formula is C24H27Cl2N3O2. The van der Waals surface area contributed by atoms with E-state index in [-0.39, 0.29) is 5.91 Å². The van der Waals surface area contributed by atoms with Crippen molar-refractivity contribution in [3.8, 4) is 0 Å². The molecule has 1 amide bonds. The molecule has 164 valence electrons. The van der Waals surface area contributed by atoms with Crippen LogP contribution in [0.25, 0.3) is 5.70 Å². The summed E-state index contributed by atoms with van der Waals surface area (Å²) in [5, 5.41) is 3.16. The van der Waals surface area contributed by atoms with Crippen molar-refractivity contribution in [2.45, 2.75) is 40.0 Å². The maximum absolute atomic E-state index is 13.3. The number of benzene rings is 1. The number of hydrazine groups is 1. The van der Waals surface area contributed by atoms with E-state index in [1.807, 2.05) is 50.0 Å². The smallest absolute Gasteiger partial charge is 0.265 e. The first-order valence-corrected chi connectivity index (χ1v) is 11.4. The van der Waals surface area contributed by atoms with Crippen LogP contribution in [-0.2, 0) is 4.79 Å². The lowest BCUT2D eigenvalue weighted by Crippen LogP contribution is -2.46. The maximum Gasteiger partial charge on any atom is 0.265 e. The van der Waals surface area contributed by atoms with E-state index >= 15 is 0 Å². The van der Waals surface area contributed by atoms with Gasteiger partial charge in [-0.1, -0.05) is 29.6 Å². The predicted octanol–water partition coefficient (Wildman–Crippen LogP) is 5.98. The largest absolute Gasteiger partial charge is 0.460 e. The highest BCUT2D eigenvalue weighted by Gasteiger charge is 2.31. The van der Waals surface area contributed by atoms with Gasteiger partial charge in [-0.05, 0) is 75.1 Å². The Morgan fingerprint density at radius 2 is 1.77 bits per heavy atom. The van der Waals surface area contributed by atoms with Crippen LogP contribution in [0.1, 0.15) is 44.6 Å². The third-order valence-corrected chi connectivity index (χ3v) is 6.38. The molecule has 1 N–H and O–H groups in total. The fourth-order valence-corrected chi connectivity index (χ4v) is 4.90. The van der Waals surface area contributed by atoms with Gasteiger partial charge in [0.15, 0.2) is 5.76 Å². The molecule has 7 heteroatoms. The summed E-state index contributed by atoms with van der Waals surface area (Å²) in [4.78, 5) is 15.4. The fourth-order valence-electron chi connectivity index (χ4n) is 4.39. The molecule has 1 saturated heterocycles. The van der Waals surface area contributed by atoms with Crippen molar-refractivity contribution < 1.29 is 9.21 Å². The molecule has 2 aliphatic heterocycles. The second-order valence-electron chi connectivity index (χ2n) is 8.21. The lowest BCUT2D eigenvalue weighted by molar-refractivity contribution is -0.122. The van der Waals surface area contributed by atoms with E-state index in [2.05, 4.69) is 10.3 Å². The van der Waals surface area contributed by atoms with Gasteiger partial charge in [0, 0.05) is 30.2 Å². The summed E-state index contributed by atoms with van der Waals surface area (Å²) in [6, 6.07) is 9.32. The Bertz CT molecular complexity index is 1060. The molecule has 0 aliphatic carbocycles. The molecule has 2 aromatic rings. The minimum atomic E-state index is -0.0699. The molecule has 1 fully saturated rings. The van der Waals surface area contributed by atoms with Crippen molar-refractivity contribution in [2.24, 2.45) is 0 Å². The number of anilines is 1. The summed E-state index contributed by atoms with van der Waals surface area (Å²) < 4.78 is 5.99. The highest BCUT2D eigenvalue weighted by Crippen LogP contribution is 2.41. The number of furan rings is 1. The molecule has 3 heterocycles. The van der Waals surface area contributed by atoms with Crippen LogP contribution in [0.15, 0.2) is 51.5 Å². The number of carbonyl (C=O) groups excluding carboxylic acids is 1. The summed E-state index contributed by atoms with van der Waals surface area (Å²) in [6.07, 6.45) is 3.42. The molecule has 0 radical (unpaired) electrons. The van der Waals surface area contributed by atoms with Crippen LogP contribution in [0.3, 0.4) is 0 Å². The third kappa shape index (κ3) is 4.54. The normalized spacial score (nSPS) is 18.0. The fraction of sp³-hybridized carbons (Fsp3) is 0.375. The summed E-state index contributed by atoms with van der Waals surface area (Å²) in [5.74, 6) is 1.44. The Hall–Kier alpha value is -2.21. The van der Waals surface area contributed by atoms with E-state index < -0.39 is 0 Å². The molecule has 0 spiro atoms. The molecule has 2 aliphatic rings. The maximum atomic E-state index is 13.3. The molecule has 0 bridgehead atoms. The van der Waals surface area contributed by atoms with Gasteiger partial charge >= 0.3 is 0 Å². The Morgan fingerprint density at radius 3 is 2.42 bits per heavy atom. The van der Waals surface area contributed by atoms with Gasteiger partial charge in [0.2, 0.25) is 0 Å². The van der Waals surface area contributed by atoms with Crippen LogP contribution >= 0.6 is 23.2 Å². The Labute approximate surface area is 193 Å². The van der Waals surface area contributed by atoms with Crippen molar-refractivity contribution in [2.75, 3.05) is 24.5 Å². The lowest BCUT2D eigenvalue weighted by atomic mass is 9.93. The van der Waals surface area contributed by atoms with Crippen LogP contribution in [0.4, 0.5) is 5.69 Å². The minimum absolute atomic E-state index is 0.0699. The number of piperidine rings is 1. The molecule has 1 aromatic carbocycles. The van der Waals surface area contributed by atoms with Gasteiger partial charge in [-0.2, -0.15) is 0 Å². The van der Waals surface area contributed by atoms with Crippen molar-refractivity contribution in [1.29, 1.82) is 0 Å². The summed E-state index contributed by atoms with van der Waals surface area (Å²) in [6.45, 7) is 8.17. The van der Waals surface area contributed by atoms with Gasteiger partial charge in [0.05, 0.1) is 16.4 Å². The summed E-state index contributed by atoms with van der Waals surface area (Å²) in [5.41, 5.74) is 7.31. The quantitative estimate of drug-likeness (QED) is 0.610. The minimum Gasteiger partial charge on any atom is -0.460 e. The van der Waals surface area contributed by atoms with Crippen molar-refractivity contribution in [3.63, 3.8) is 0 Å². The monoisotopic (exact) mass is 459 g/mol. The number of hydrogen-bond acceptors (Lipinski definition) is 4. The van der Waals surface area contributed by atoms with Gasteiger partial charge < -0.3 is 9.32 Å². The number of carbonyl (C=O) groups is 1. The van der Waals surface area contributed by atoms with Crippen LogP contribution in [-0.4, -0.2) is 30.6 Å². The number of halogens is 2. The molecular weight excluding hydrogens is 433 g/mol. The summed E-state index contributed by atoms with van der Waals surface area (Å²) >= 11 is 12.7. The Morgan fingerprint density at radius 1 is 1.03 bits per heavy atom. The molecule has 0 saturated carbocycles. The molecule has 0 unspecified atom stereocenters. The number of hydrogen-bond donors (Lipinski definition) is 1. The molecule has 5 nitrogen and oxygen atoms in total. The molecule has 0 atom stereocenters. The standard InChI is InChI=1S/C24H27Cl2N3O2/c1-15-14-29(20-9-8-18(25)13-19(20)26)23(21-10-7-16(2)31-21)17(3)22(15)24(30)27-28-11-5-4-6-12-28/h7-10,13H,4-6,11-12,14H2,1-3H3,(H,27,30). The number of rotatable bonds is 4. The highest BCUT2D eigenvalue weighted by atomic mass is 35.5. The lowest BCUT2D eigenvalue weighted by Gasteiger charge is -2.35. The van der Waals surface area contributed by atoms with Gasteiger partial charge in [0.1, 0.15) is 5.76 Å². The van der Waals surface area contributed by atoms with Crippen molar-refractivity contribution in [1.82, 2.24) is 10.4 Å². The van der Waals surface area contributed by atoms with Gasteiger partial charge in [0.25, 0.3) is 5.91 Å². The Balaban J connectivity index is 1.76. The number of aryl methyl sites for hydroxylation is 1. The predicted molar refractivity (Wildman–Crippen MR) is 126 cm³/mol. The third-order valence-electron chi connectivity index (χ3n) is 5.84. The average molecular weight is 460 g/mol. The second-order valence-corrected chi connectivity index (χ2v) is 9.05. The van der Waals surface area contributed by atoms with Crippen LogP contribution in [0.5, 0.6) is 0 Å². The zero-order valence-electron chi connectivity index (χ0n) is 18.1. The molecule has 1 aromatic heterocycles. The number of amides is 1. The first-order valence-electron chi connectivity index (χ1n) is 10.6. The van der Waals surface area contributed by atoms with E-state index in [0.717, 1.165) is 54.2 Å². The van der Waals surface area contributed by atoms with E-state index in [1.54, 1.807) is 6.07 Å². The molecule has 4 rings (SSSR count). The Kier molecular flexibility index (Phi) is 6.47.